The first-order valence-corrected chi connectivity index (χ1v) is 6.91. The van der Waals surface area contributed by atoms with Crippen LogP contribution in [0.1, 0.15) is 15.9 Å². The van der Waals surface area contributed by atoms with Crippen molar-refractivity contribution in [2.75, 3.05) is 0 Å². The summed E-state index contributed by atoms with van der Waals surface area (Å²) >= 11 is 0. The maximum absolute atomic E-state index is 10.9. The fourth-order valence-electron chi connectivity index (χ4n) is 2.18. The molecule has 0 aliphatic rings. The fraction of sp³-hybridized carbons (Fsp3) is 0.0556. The van der Waals surface area contributed by atoms with Crippen LogP contribution < -0.4 is 4.74 Å². The molecule has 110 valence electrons. The summed E-state index contributed by atoms with van der Waals surface area (Å²) in [4.78, 5) is 10.9. The second kappa shape index (κ2) is 6.18. The minimum Gasteiger partial charge on any atom is -0.489 e. The molecule has 22 heavy (non-hydrogen) atoms. The summed E-state index contributed by atoms with van der Waals surface area (Å²) < 4.78 is 7.71. The molecule has 0 aliphatic heterocycles. The topological polar surface area (TPSA) is 51.5 Å². The van der Waals surface area contributed by atoms with Crippen LogP contribution in [0.3, 0.4) is 0 Å². The van der Waals surface area contributed by atoms with Crippen molar-refractivity contribution in [3.05, 3.63) is 84.2 Å². The second-order valence-electron chi connectivity index (χ2n) is 4.88. The van der Waals surface area contributed by atoms with Crippen LogP contribution in [0.4, 0.5) is 0 Å². The molecule has 1 aromatic heterocycles. The zero-order chi connectivity index (χ0) is 15.4. The van der Waals surface area contributed by atoms with E-state index in [1.165, 1.54) is 0 Å². The lowest BCUT2D eigenvalue weighted by molar-refractivity contribution is 0.0696. The number of ether oxygens (including phenoxy) is 1. The minimum atomic E-state index is -0.932. The molecule has 0 unspecified atom stereocenters. The Morgan fingerprint density at radius 3 is 2.41 bits per heavy atom. The van der Waals surface area contributed by atoms with Gasteiger partial charge in [0.05, 0.1) is 5.56 Å². The molecule has 0 spiro atoms. The van der Waals surface area contributed by atoms with Crippen LogP contribution in [0.2, 0.25) is 0 Å². The Balaban J connectivity index is 1.66. The third kappa shape index (κ3) is 3.17. The smallest absolute Gasteiger partial charge is 0.335 e. The molecule has 1 N–H and O–H groups in total. The molecule has 0 radical (unpaired) electrons. The molecule has 4 heteroatoms. The summed E-state index contributed by atoms with van der Waals surface area (Å²) in [5, 5.41) is 8.97. The molecular formula is C18H15NO3. The molecule has 0 atom stereocenters. The standard InChI is InChI=1S/C18H15NO3/c20-18(21)15-5-3-4-14(12-15)13-22-17-8-6-16(7-9-17)19-10-1-2-11-19/h1-12H,13H2,(H,20,21). The van der Waals surface area contributed by atoms with E-state index in [9.17, 15) is 4.79 Å². The predicted octanol–water partition coefficient (Wildman–Crippen LogP) is 3.75. The number of aromatic nitrogens is 1. The summed E-state index contributed by atoms with van der Waals surface area (Å²) in [5.41, 5.74) is 2.16. The third-order valence-corrected chi connectivity index (χ3v) is 3.32. The molecule has 0 saturated heterocycles. The van der Waals surface area contributed by atoms with Crippen LogP contribution >= 0.6 is 0 Å². The molecule has 2 aromatic carbocycles. The van der Waals surface area contributed by atoms with E-state index in [1.807, 2.05) is 59.4 Å². The quantitative estimate of drug-likeness (QED) is 0.779. The van der Waals surface area contributed by atoms with E-state index in [4.69, 9.17) is 9.84 Å². The SMILES string of the molecule is O=C(O)c1cccc(COc2ccc(-n3cccc3)cc2)c1. The zero-order valence-corrected chi connectivity index (χ0v) is 11.8. The summed E-state index contributed by atoms with van der Waals surface area (Å²) in [6.45, 7) is 0.337. The van der Waals surface area contributed by atoms with Crippen LogP contribution in [0.15, 0.2) is 73.1 Å². The van der Waals surface area contributed by atoms with E-state index < -0.39 is 5.97 Å². The van der Waals surface area contributed by atoms with Crippen molar-refractivity contribution in [2.45, 2.75) is 6.61 Å². The monoisotopic (exact) mass is 293 g/mol. The van der Waals surface area contributed by atoms with Gasteiger partial charge in [-0.25, -0.2) is 4.79 Å². The van der Waals surface area contributed by atoms with Gasteiger partial charge < -0.3 is 14.4 Å². The average molecular weight is 293 g/mol. The second-order valence-corrected chi connectivity index (χ2v) is 4.88. The highest BCUT2D eigenvalue weighted by Crippen LogP contribution is 2.17. The van der Waals surface area contributed by atoms with Gasteiger partial charge in [-0.2, -0.15) is 0 Å². The number of hydrogen-bond acceptors (Lipinski definition) is 2. The van der Waals surface area contributed by atoms with E-state index in [0.717, 1.165) is 17.0 Å². The molecule has 4 nitrogen and oxygen atoms in total. The lowest BCUT2D eigenvalue weighted by Crippen LogP contribution is -2.00. The highest BCUT2D eigenvalue weighted by molar-refractivity contribution is 5.87. The van der Waals surface area contributed by atoms with Crippen molar-refractivity contribution in [3.8, 4) is 11.4 Å². The van der Waals surface area contributed by atoms with E-state index >= 15 is 0 Å². The van der Waals surface area contributed by atoms with Gasteiger partial charge in [0.25, 0.3) is 0 Å². The van der Waals surface area contributed by atoms with Crippen molar-refractivity contribution in [2.24, 2.45) is 0 Å². The maximum atomic E-state index is 10.9. The Labute approximate surface area is 128 Å². The van der Waals surface area contributed by atoms with Crippen LogP contribution in [-0.2, 0) is 6.61 Å². The molecule has 0 fully saturated rings. The minimum absolute atomic E-state index is 0.268. The van der Waals surface area contributed by atoms with Gasteiger partial charge >= 0.3 is 5.97 Å². The number of hydrogen-bond donors (Lipinski definition) is 1. The number of carbonyl (C=O) groups is 1. The molecule has 0 aliphatic carbocycles. The summed E-state index contributed by atoms with van der Waals surface area (Å²) in [6.07, 6.45) is 3.96. The predicted molar refractivity (Wildman–Crippen MR) is 83.5 cm³/mol. The van der Waals surface area contributed by atoms with Crippen molar-refractivity contribution >= 4 is 5.97 Å². The van der Waals surface area contributed by atoms with Gasteiger partial charge in [0, 0.05) is 18.1 Å². The Bertz CT molecular complexity index is 761. The summed E-state index contributed by atoms with van der Waals surface area (Å²) in [6, 6.07) is 18.4. The largest absolute Gasteiger partial charge is 0.489 e. The summed E-state index contributed by atoms with van der Waals surface area (Å²) in [5.74, 6) is -0.186. The molecular weight excluding hydrogens is 278 g/mol. The van der Waals surface area contributed by atoms with Crippen molar-refractivity contribution < 1.29 is 14.6 Å². The van der Waals surface area contributed by atoms with Gasteiger partial charge in [-0.1, -0.05) is 12.1 Å². The van der Waals surface area contributed by atoms with Crippen LogP contribution in [0.25, 0.3) is 5.69 Å². The first kappa shape index (κ1) is 13.9. The van der Waals surface area contributed by atoms with Gasteiger partial charge in [0.2, 0.25) is 0 Å². The van der Waals surface area contributed by atoms with Crippen LogP contribution in [0.5, 0.6) is 5.75 Å². The van der Waals surface area contributed by atoms with Crippen molar-refractivity contribution in [1.29, 1.82) is 0 Å². The van der Waals surface area contributed by atoms with E-state index in [0.29, 0.717) is 6.61 Å². The lowest BCUT2D eigenvalue weighted by atomic mass is 10.1. The maximum Gasteiger partial charge on any atom is 0.335 e. The normalized spacial score (nSPS) is 10.4. The number of benzene rings is 2. The van der Waals surface area contributed by atoms with Crippen molar-refractivity contribution in [1.82, 2.24) is 4.57 Å². The Hall–Kier alpha value is -3.01. The third-order valence-electron chi connectivity index (χ3n) is 3.32. The molecule has 0 amide bonds. The first-order valence-electron chi connectivity index (χ1n) is 6.91. The van der Waals surface area contributed by atoms with E-state index in [1.54, 1.807) is 18.2 Å². The highest BCUT2D eigenvalue weighted by atomic mass is 16.5. The summed E-state index contributed by atoms with van der Waals surface area (Å²) in [7, 11) is 0. The molecule has 1 heterocycles. The highest BCUT2D eigenvalue weighted by Gasteiger charge is 2.04. The Morgan fingerprint density at radius 2 is 1.73 bits per heavy atom. The number of carboxylic acid groups (broad SMARTS) is 1. The number of rotatable bonds is 5. The Morgan fingerprint density at radius 1 is 1.00 bits per heavy atom. The van der Waals surface area contributed by atoms with Gasteiger partial charge in [-0.15, -0.1) is 0 Å². The first-order chi connectivity index (χ1) is 10.7. The molecule has 0 saturated carbocycles. The fourth-order valence-corrected chi connectivity index (χ4v) is 2.18. The van der Waals surface area contributed by atoms with E-state index in [-0.39, 0.29) is 5.56 Å². The number of aromatic carboxylic acids is 1. The van der Waals surface area contributed by atoms with Crippen LogP contribution in [-0.4, -0.2) is 15.6 Å². The number of carboxylic acids is 1. The molecule has 3 aromatic rings. The lowest BCUT2D eigenvalue weighted by Gasteiger charge is -2.08. The van der Waals surface area contributed by atoms with Gasteiger partial charge in [-0.05, 0) is 54.1 Å². The van der Waals surface area contributed by atoms with Gasteiger partial charge in [0.15, 0.2) is 0 Å². The molecule has 0 bridgehead atoms. The average Bonchev–Trinajstić information content (AvgIpc) is 3.08. The van der Waals surface area contributed by atoms with Gasteiger partial charge in [0.1, 0.15) is 12.4 Å². The zero-order valence-electron chi connectivity index (χ0n) is 11.8. The number of nitrogens with zero attached hydrogens (tertiary/aromatic N) is 1. The Kier molecular flexibility index (Phi) is 3.92. The van der Waals surface area contributed by atoms with Crippen LogP contribution in [0, 0.1) is 0 Å². The van der Waals surface area contributed by atoms with E-state index in [2.05, 4.69) is 0 Å². The van der Waals surface area contributed by atoms with Crippen molar-refractivity contribution in [3.63, 3.8) is 0 Å². The molecule has 3 rings (SSSR count). The van der Waals surface area contributed by atoms with Gasteiger partial charge in [-0.3, -0.25) is 0 Å².